The second kappa shape index (κ2) is 3.62. The Kier molecular flexibility index (Phi) is 2.62. The Balaban J connectivity index is 2.34. The predicted molar refractivity (Wildman–Crippen MR) is 56.7 cm³/mol. The number of halogens is 2. The number of cyclic esters (lactones) is 2. The van der Waals surface area contributed by atoms with E-state index in [1.165, 1.54) is 0 Å². The molecule has 0 radical (unpaired) electrons. The number of fused-ring (bicyclic) bond motifs is 1. The highest BCUT2D eigenvalue weighted by molar-refractivity contribution is 9.28. The number of hydrogen-bond donors (Lipinski definition) is 0. The summed E-state index contributed by atoms with van der Waals surface area (Å²) in [6, 6.07) is 0. The van der Waals surface area contributed by atoms with E-state index in [0.29, 0.717) is 6.42 Å². The molecule has 2 rings (SSSR count). The van der Waals surface area contributed by atoms with E-state index in [1.54, 1.807) is 6.08 Å². The molecule has 1 aliphatic carbocycles. The Morgan fingerprint density at radius 3 is 2.71 bits per heavy atom. The van der Waals surface area contributed by atoms with Gasteiger partial charge in [0.2, 0.25) is 0 Å². The second-order valence-corrected chi connectivity index (χ2v) is 5.87. The maximum absolute atomic E-state index is 11.3. The topological polar surface area (TPSA) is 43.4 Å². The number of carbonyl (C=O) groups is 2. The van der Waals surface area contributed by atoms with Crippen molar-refractivity contribution in [3.63, 3.8) is 0 Å². The lowest BCUT2D eigenvalue weighted by atomic mass is 9.84. The minimum absolute atomic E-state index is 0.340. The van der Waals surface area contributed by atoms with Gasteiger partial charge in [-0.3, -0.25) is 9.59 Å². The van der Waals surface area contributed by atoms with Crippen molar-refractivity contribution in [1.29, 1.82) is 0 Å². The highest BCUT2D eigenvalue weighted by Crippen LogP contribution is 2.37. The van der Waals surface area contributed by atoms with E-state index < -0.39 is 11.9 Å². The van der Waals surface area contributed by atoms with Gasteiger partial charge in [-0.25, -0.2) is 0 Å². The smallest absolute Gasteiger partial charge is 0.321 e. The summed E-state index contributed by atoms with van der Waals surface area (Å²) in [5.74, 6) is -1.57. The van der Waals surface area contributed by atoms with Crippen LogP contribution in [0.1, 0.15) is 6.42 Å². The van der Waals surface area contributed by atoms with Crippen LogP contribution >= 0.6 is 31.9 Å². The molecule has 0 saturated carbocycles. The fraction of sp³-hybridized carbons (Fsp3) is 0.333. The van der Waals surface area contributed by atoms with E-state index in [2.05, 4.69) is 36.6 Å². The molecule has 0 bridgehead atoms. The van der Waals surface area contributed by atoms with Crippen molar-refractivity contribution in [2.45, 2.75) is 6.42 Å². The van der Waals surface area contributed by atoms with E-state index in [1.807, 2.05) is 6.08 Å². The Morgan fingerprint density at radius 2 is 2.07 bits per heavy atom. The average molecular weight is 322 g/mol. The number of carbonyl (C=O) groups excluding carboxylic acids is 2. The zero-order chi connectivity index (χ0) is 10.3. The molecule has 74 valence electrons. The molecular weight excluding hydrogens is 316 g/mol. The van der Waals surface area contributed by atoms with Crippen molar-refractivity contribution >= 4 is 43.8 Å². The van der Waals surface area contributed by atoms with Crippen LogP contribution in [-0.2, 0) is 14.3 Å². The molecule has 2 unspecified atom stereocenters. The maximum Gasteiger partial charge on any atom is 0.321 e. The molecule has 1 heterocycles. The number of ether oxygens (including phenoxy) is 1. The van der Waals surface area contributed by atoms with Gasteiger partial charge in [-0.1, -0.05) is 12.2 Å². The molecule has 1 saturated heterocycles. The van der Waals surface area contributed by atoms with Crippen LogP contribution in [0.4, 0.5) is 0 Å². The third kappa shape index (κ3) is 1.59. The molecule has 2 atom stereocenters. The number of rotatable bonds is 0. The molecule has 0 N–H and O–H groups in total. The molecule has 2 aliphatic rings. The highest BCUT2D eigenvalue weighted by atomic mass is 79.9. The van der Waals surface area contributed by atoms with E-state index in [4.69, 9.17) is 0 Å². The molecule has 1 fully saturated rings. The molecule has 0 spiro atoms. The first kappa shape index (κ1) is 10.1. The molecule has 1 aliphatic heterocycles. The maximum atomic E-state index is 11.3. The van der Waals surface area contributed by atoms with Gasteiger partial charge in [0, 0.05) is 0 Å². The molecule has 0 aromatic carbocycles. The summed E-state index contributed by atoms with van der Waals surface area (Å²) < 4.78 is 5.37. The molecule has 0 aromatic rings. The van der Waals surface area contributed by atoms with Gasteiger partial charge in [0.05, 0.1) is 15.2 Å². The summed E-state index contributed by atoms with van der Waals surface area (Å²) in [4.78, 5) is 22.4. The van der Waals surface area contributed by atoms with Gasteiger partial charge >= 0.3 is 11.9 Å². The van der Waals surface area contributed by atoms with Crippen molar-refractivity contribution in [1.82, 2.24) is 0 Å². The Bertz CT molecular complexity index is 366. The fourth-order valence-electron chi connectivity index (χ4n) is 1.64. The number of hydrogen-bond acceptors (Lipinski definition) is 3. The largest absolute Gasteiger partial charge is 0.392 e. The van der Waals surface area contributed by atoms with Gasteiger partial charge in [-0.15, -0.1) is 0 Å². The zero-order valence-corrected chi connectivity index (χ0v) is 10.2. The standard InChI is InChI=1S/C9H6Br2O3/c10-7(11)4-1-2-5-6(3-4)9(13)14-8(5)12/h1-2,5-6H,3H2. The third-order valence-electron chi connectivity index (χ3n) is 2.40. The lowest BCUT2D eigenvalue weighted by molar-refractivity contribution is -0.153. The van der Waals surface area contributed by atoms with E-state index in [-0.39, 0.29) is 11.8 Å². The SMILES string of the molecule is O=C1OC(=O)C2CC(=C(Br)Br)C=CC12. The van der Waals surface area contributed by atoms with E-state index in [0.717, 1.165) is 8.96 Å². The Hall–Kier alpha value is -0.420. The second-order valence-electron chi connectivity index (χ2n) is 3.22. The van der Waals surface area contributed by atoms with Crippen LogP contribution in [0.3, 0.4) is 0 Å². The van der Waals surface area contributed by atoms with Gasteiger partial charge in [0.15, 0.2) is 0 Å². The molecule has 5 heteroatoms. The first-order valence-electron chi connectivity index (χ1n) is 4.07. The summed E-state index contributed by atoms with van der Waals surface area (Å²) in [5, 5.41) is 0. The van der Waals surface area contributed by atoms with Crippen LogP contribution in [0, 0.1) is 11.8 Å². The predicted octanol–water partition coefficient (Wildman–Crippen LogP) is 2.26. The van der Waals surface area contributed by atoms with E-state index >= 15 is 0 Å². The van der Waals surface area contributed by atoms with Gasteiger partial charge < -0.3 is 4.74 Å². The van der Waals surface area contributed by atoms with Crippen molar-refractivity contribution in [3.8, 4) is 0 Å². The first-order valence-corrected chi connectivity index (χ1v) is 5.66. The lowest BCUT2D eigenvalue weighted by Gasteiger charge is -2.16. The average Bonchev–Trinajstić information content (AvgIpc) is 2.42. The summed E-state index contributed by atoms with van der Waals surface area (Å²) in [6.45, 7) is 0. The number of esters is 2. The monoisotopic (exact) mass is 320 g/mol. The Labute approximate surface area is 97.4 Å². The van der Waals surface area contributed by atoms with Crippen LogP contribution in [0.5, 0.6) is 0 Å². The highest BCUT2D eigenvalue weighted by Gasteiger charge is 2.44. The quantitative estimate of drug-likeness (QED) is 0.508. The van der Waals surface area contributed by atoms with Crippen LogP contribution < -0.4 is 0 Å². The fourth-order valence-corrected chi connectivity index (χ4v) is 2.23. The van der Waals surface area contributed by atoms with Gasteiger partial charge in [-0.05, 0) is 43.9 Å². The van der Waals surface area contributed by atoms with Gasteiger partial charge in [-0.2, -0.15) is 0 Å². The van der Waals surface area contributed by atoms with Crippen molar-refractivity contribution < 1.29 is 14.3 Å². The van der Waals surface area contributed by atoms with Crippen LogP contribution in [-0.4, -0.2) is 11.9 Å². The summed E-state index contributed by atoms with van der Waals surface area (Å²) in [5.41, 5.74) is 0.970. The molecule has 14 heavy (non-hydrogen) atoms. The first-order chi connectivity index (χ1) is 6.59. The van der Waals surface area contributed by atoms with Crippen molar-refractivity contribution in [3.05, 3.63) is 21.1 Å². The van der Waals surface area contributed by atoms with Gasteiger partial charge in [0.1, 0.15) is 0 Å². The summed E-state index contributed by atoms with van der Waals surface area (Å²) >= 11 is 6.55. The van der Waals surface area contributed by atoms with Crippen LogP contribution in [0.15, 0.2) is 21.1 Å². The van der Waals surface area contributed by atoms with Gasteiger partial charge in [0.25, 0.3) is 0 Å². The summed E-state index contributed by atoms with van der Waals surface area (Å²) in [7, 11) is 0. The Morgan fingerprint density at radius 1 is 1.36 bits per heavy atom. The normalized spacial score (nSPS) is 30.3. The van der Waals surface area contributed by atoms with E-state index in [9.17, 15) is 9.59 Å². The minimum atomic E-state index is -0.430. The summed E-state index contributed by atoms with van der Waals surface area (Å²) in [6.07, 6.45) is 4.09. The van der Waals surface area contributed by atoms with Crippen molar-refractivity contribution in [2.24, 2.45) is 11.8 Å². The molecule has 0 amide bonds. The lowest BCUT2D eigenvalue weighted by Crippen LogP contribution is -2.19. The van der Waals surface area contributed by atoms with Crippen LogP contribution in [0.2, 0.25) is 0 Å². The molecule has 0 aromatic heterocycles. The number of allylic oxidation sites excluding steroid dienone is 2. The third-order valence-corrected chi connectivity index (χ3v) is 3.42. The zero-order valence-electron chi connectivity index (χ0n) is 7.00. The molecular formula is C9H6Br2O3. The van der Waals surface area contributed by atoms with Crippen molar-refractivity contribution in [2.75, 3.05) is 0 Å². The minimum Gasteiger partial charge on any atom is -0.392 e. The molecule has 3 nitrogen and oxygen atoms in total. The van der Waals surface area contributed by atoms with Crippen LogP contribution in [0.25, 0.3) is 0 Å².